The number of rotatable bonds is 4. The summed E-state index contributed by atoms with van der Waals surface area (Å²) in [6.07, 6.45) is 0. The van der Waals surface area contributed by atoms with Crippen LogP contribution in [0.4, 0.5) is 11.4 Å². The van der Waals surface area contributed by atoms with Crippen LogP contribution in [0.2, 0.25) is 0 Å². The summed E-state index contributed by atoms with van der Waals surface area (Å²) < 4.78 is 0. The number of aryl methyl sites for hydroxylation is 1. The minimum atomic E-state index is -1.27. The fourth-order valence-corrected chi connectivity index (χ4v) is 2.05. The van der Waals surface area contributed by atoms with Crippen molar-refractivity contribution in [1.29, 1.82) is 5.26 Å². The fraction of sp³-hybridized carbons (Fsp3) is 0.211. The first-order valence-corrected chi connectivity index (χ1v) is 7.53. The largest absolute Gasteiger partial charge is 0.325 e. The molecule has 2 rings (SSSR count). The lowest BCUT2D eigenvalue weighted by Gasteiger charge is -2.23. The second kappa shape index (κ2) is 6.97. The van der Waals surface area contributed by atoms with Gasteiger partial charge in [0.1, 0.15) is 5.41 Å². The number of carbonyl (C=O) groups is 2. The van der Waals surface area contributed by atoms with Crippen LogP contribution in [0, 0.1) is 23.7 Å². The molecular formula is C19H19N3O2. The number of hydrogen-bond donors (Lipinski definition) is 2. The number of amides is 2. The van der Waals surface area contributed by atoms with Gasteiger partial charge in [-0.05, 0) is 50.6 Å². The molecule has 2 N–H and O–H groups in total. The highest BCUT2D eigenvalue weighted by molar-refractivity contribution is 6.14. The van der Waals surface area contributed by atoms with Gasteiger partial charge in [0.2, 0.25) is 11.8 Å². The van der Waals surface area contributed by atoms with Crippen molar-refractivity contribution in [2.24, 2.45) is 5.41 Å². The van der Waals surface area contributed by atoms with Crippen LogP contribution in [0.25, 0.3) is 0 Å². The van der Waals surface area contributed by atoms with Crippen molar-refractivity contribution < 1.29 is 9.59 Å². The van der Waals surface area contributed by atoms with Gasteiger partial charge < -0.3 is 10.6 Å². The number of anilines is 2. The van der Waals surface area contributed by atoms with Gasteiger partial charge in [-0.25, -0.2) is 0 Å². The third-order valence-corrected chi connectivity index (χ3v) is 3.78. The lowest BCUT2D eigenvalue weighted by molar-refractivity contribution is -0.135. The Morgan fingerprint density at radius 3 is 2.33 bits per heavy atom. The average Bonchev–Trinajstić information content (AvgIpc) is 2.57. The first kappa shape index (κ1) is 17.2. The van der Waals surface area contributed by atoms with E-state index in [1.807, 2.05) is 31.2 Å². The predicted octanol–water partition coefficient (Wildman–Crippen LogP) is 3.47. The zero-order valence-corrected chi connectivity index (χ0v) is 13.9. The zero-order chi connectivity index (χ0) is 17.7. The molecule has 0 atom stereocenters. The molecule has 0 radical (unpaired) electrons. The molecule has 0 unspecified atom stereocenters. The molecule has 0 bridgehead atoms. The van der Waals surface area contributed by atoms with Gasteiger partial charge in [-0.2, -0.15) is 5.26 Å². The Morgan fingerprint density at radius 2 is 1.67 bits per heavy atom. The van der Waals surface area contributed by atoms with E-state index >= 15 is 0 Å². The van der Waals surface area contributed by atoms with Crippen LogP contribution in [0.1, 0.15) is 25.0 Å². The molecule has 0 spiro atoms. The maximum Gasteiger partial charge on any atom is 0.239 e. The minimum absolute atomic E-state index is 0.397. The summed E-state index contributed by atoms with van der Waals surface area (Å²) >= 11 is 0. The van der Waals surface area contributed by atoms with Gasteiger partial charge in [0.15, 0.2) is 0 Å². The summed E-state index contributed by atoms with van der Waals surface area (Å²) in [5.41, 5.74) is 1.25. The highest BCUT2D eigenvalue weighted by atomic mass is 16.2. The number of nitriles is 1. The fourth-order valence-electron chi connectivity index (χ4n) is 2.05. The van der Waals surface area contributed by atoms with Crippen molar-refractivity contribution in [3.05, 3.63) is 59.7 Å². The molecule has 0 aliphatic carbocycles. The van der Waals surface area contributed by atoms with Gasteiger partial charge in [0, 0.05) is 11.4 Å². The number of hydrogen-bond acceptors (Lipinski definition) is 3. The van der Waals surface area contributed by atoms with Crippen molar-refractivity contribution >= 4 is 23.2 Å². The van der Waals surface area contributed by atoms with Crippen LogP contribution >= 0.6 is 0 Å². The van der Waals surface area contributed by atoms with Crippen LogP contribution in [0.15, 0.2) is 48.5 Å². The third kappa shape index (κ3) is 3.79. The summed E-state index contributed by atoms with van der Waals surface area (Å²) in [6, 6.07) is 15.9. The maximum absolute atomic E-state index is 12.5. The van der Waals surface area contributed by atoms with E-state index in [-0.39, 0.29) is 0 Å². The van der Waals surface area contributed by atoms with Gasteiger partial charge in [-0.1, -0.05) is 24.3 Å². The number of nitrogens with zero attached hydrogens (tertiary/aromatic N) is 1. The van der Waals surface area contributed by atoms with E-state index in [0.29, 0.717) is 16.9 Å². The summed E-state index contributed by atoms with van der Waals surface area (Å²) in [6.45, 7) is 5.00. The smallest absolute Gasteiger partial charge is 0.239 e. The van der Waals surface area contributed by atoms with Crippen LogP contribution in [-0.4, -0.2) is 11.8 Å². The summed E-state index contributed by atoms with van der Waals surface area (Å²) in [4.78, 5) is 25.0. The van der Waals surface area contributed by atoms with Gasteiger partial charge in [-0.3, -0.25) is 9.59 Å². The van der Waals surface area contributed by atoms with Crippen LogP contribution in [0.3, 0.4) is 0 Å². The van der Waals surface area contributed by atoms with E-state index < -0.39 is 17.2 Å². The summed E-state index contributed by atoms with van der Waals surface area (Å²) in [7, 11) is 0. The zero-order valence-electron chi connectivity index (χ0n) is 13.9. The Morgan fingerprint density at radius 1 is 1.00 bits per heavy atom. The molecule has 5 heteroatoms. The molecule has 0 aliphatic heterocycles. The number of para-hydroxylation sites is 1. The molecule has 0 saturated carbocycles. The Kier molecular flexibility index (Phi) is 5.00. The molecule has 5 nitrogen and oxygen atoms in total. The first-order valence-electron chi connectivity index (χ1n) is 7.53. The van der Waals surface area contributed by atoms with Crippen molar-refractivity contribution in [2.75, 3.05) is 10.6 Å². The normalized spacial score (nSPS) is 10.6. The highest BCUT2D eigenvalue weighted by Crippen LogP contribution is 2.23. The van der Waals surface area contributed by atoms with Crippen LogP contribution < -0.4 is 10.6 Å². The molecule has 24 heavy (non-hydrogen) atoms. The number of benzene rings is 2. The lowest BCUT2D eigenvalue weighted by Crippen LogP contribution is -2.41. The van der Waals surface area contributed by atoms with Crippen molar-refractivity contribution in [3.63, 3.8) is 0 Å². The molecule has 2 amide bonds. The highest BCUT2D eigenvalue weighted by Gasteiger charge is 2.36. The molecular weight excluding hydrogens is 302 g/mol. The van der Waals surface area contributed by atoms with Gasteiger partial charge in [-0.15, -0.1) is 0 Å². The summed E-state index contributed by atoms with van der Waals surface area (Å²) in [5.74, 6) is -0.839. The maximum atomic E-state index is 12.5. The predicted molar refractivity (Wildman–Crippen MR) is 93.4 cm³/mol. The first-order chi connectivity index (χ1) is 11.3. The molecule has 0 saturated heterocycles. The van der Waals surface area contributed by atoms with Crippen molar-refractivity contribution in [2.45, 2.75) is 20.8 Å². The van der Waals surface area contributed by atoms with E-state index in [4.69, 9.17) is 5.26 Å². The van der Waals surface area contributed by atoms with Gasteiger partial charge >= 0.3 is 0 Å². The molecule has 122 valence electrons. The second-order valence-electron chi connectivity index (χ2n) is 6.04. The van der Waals surface area contributed by atoms with Crippen LogP contribution in [-0.2, 0) is 9.59 Å². The second-order valence-corrected chi connectivity index (χ2v) is 6.04. The Balaban J connectivity index is 2.13. The molecule has 2 aromatic carbocycles. The van der Waals surface area contributed by atoms with E-state index in [0.717, 1.165) is 5.56 Å². The standard InChI is InChI=1S/C19H19N3O2/c1-13-7-4-5-10-16(13)22-18(24)19(2,3)17(23)21-15-9-6-8-14(11-15)12-20/h4-11H,1-3H3,(H,21,23)(H,22,24). The monoisotopic (exact) mass is 321 g/mol. The Hall–Kier alpha value is -3.13. The topological polar surface area (TPSA) is 82.0 Å². The van der Waals surface area contributed by atoms with E-state index in [1.165, 1.54) is 0 Å². The lowest BCUT2D eigenvalue weighted by atomic mass is 9.90. The van der Waals surface area contributed by atoms with Crippen molar-refractivity contribution in [3.8, 4) is 6.07 Å². The quantitative estimate of drug-likeness (QED) is 0.846. The Labute approximate surface area is 141 Å². The van der Waals surface area contributed by atoms with Gasteiger partial charge in [0.05, 0.1) is 11.6 Å². The third-order valence-electron chi connectivity index (χ3n) is 3.78. The van der Waals surface area contributed by atoms with Crippen LogP contribution in [0.5, 0.6) is 0 Å². The minimum Gasteiger partial charge on any atom is -0.325 e. The van der Waals surface area contributed by atoms with E-state index in [2.05, 4.69) is 10.6 Å². The van der Waals surface area contributed by atoms with Crippen molar-refractivity contribution in [1.82, 2.24) is 0 Å². The molecule has 0 aliphatic rings. The number of carbonyl (C=O) groups excluding carboxylic acids is 2. The van der Waals surface area contributed by atoms with E-state index in [1.54, 1.807) is 44.2 Å². The molecule has 0 fully saturated rings. The van der Waals surface area contributed by atoms with E-state index in [9.17, 15) is 9.59 Å². The molecule has 0 heterocycles. The average molecular weight is 321 g/mol. The van der Waals surface area contributed by atoms with Gasteiger partial charge in [0.25, 0.3) is 0 Å². The Bertz CT molecular complexity index is 819. The number of nitrogens with one attached hydrogen (secondary N) is 2. The molecule has 2 aromatic rings. The SMILES string of the molecule is Cc1ccccc1NC(=O)C(C)(C)C(=O)Nc1cccc(C#N)c1. The summed E-state index contributed by atoms with van der Waals surface area (Å²) in [5, 5.41) is 14.4. The molecule has 0 aromatic heterocycles.